The zero-order chi connectivity index (χ0) is 39.9. The minimum absolute atomic E-state index is 0.0157. The fourth-order valence-corrected chi connectivity index (χ4v) is 9.23. The Morgan fingerprint density at radius 2 is 1.84 bits per heavy atom. The van der Waals surface area contributed by atoms with Crippen molar-refractivity contribution >= 4 is 45.6 Å². The summed E-state index contributed by atoms with van der Waals surface area (Å²) in [6.45, 7) is 8.92. The molecule has 3 fully saturated rings. The summed E-state index contributed by atoms with van der Waals surface area (Å²) < 4.78 is 53.8. The molecule has 0 aromatic heterocycles. The van der Waals surface area contributed by atoms with Gasteiger partial charge in [0, 0.05) is 44.0 Å². The lowest BCUT2D eigenvalue weighted by Gasteiger charge is -2.29. The van der Waals surface area contributed by atoms with Crippen molar-refractivity contribution in [1.82, 2.24) is 19.4 Å². The Labute approximate surface area is 320 Å². The van der Waals surface area contributed by atoms with Crippen molar-refractivity contribution in [3.8, 4) is 0 Å². The van der Waals surface area contributed by atoms with Gasteiger partial charge in [0.1, 0.15) is 17.5 Å². The van der Waals surface area contributed by atoms with E-state index in [9.17, 15) is 41.6 Å². The lowest BCUT2D eigenvalue weighted by molar-refractivity contribution is -0.159. The average Bonchev–Trinajstić information content (AvgIpc) is 3.99. The topological polar surface area (TPSA) is 177 Å². The first-order valence-corrected chi connectivity index (χ1v) is 20.4. The van der Waals surface area contributed by atoms with E-state index in [2.05, 4.69) is 11.3 Å². The summed E-state index contributed by atoms with van der Waals surface area (Å²) in [5.41, 5.74) is -1.26. The van der Waals surface area contributed by atoms with Crippen LogP contribution < -0.4 is 4.72 Å². The molecule has 16 heteroatoms. The lowest BCUT2D eigenvalue weighted by Crippen LogP contribution is -2.46. The second-order valence-electron chi connectivity index (χ2n) is 16.3. The third kappa shape index (κ3) is 9.11. The van der Waals surface area contributed by atoms with Crippen LogP contribution in [-0.2, 0) is 56.6 Å². The number of rotatable bonds is 7. The monoisotopic (exact) mass is 784 g/mol. The summed E-state index contributed by atoms with van der Waals surface area (Å²) in [6, 6.07) is 3.41. The van der Waals surface area contributed by atoms with E-state index in [0.717, 1.165) is 6.08 Å². The molecule has 0 radical (unpaired) electrons. The number of carbonyl (C=O) groups excluding carboxylic acids is 6. The molecule has 5 aliphatic rings. The van der Waals surface area contributed by atoms with Gasteiger partial charge in [-0.05, 0) is 76.5 Å². The first-order chi connectivity index (χ1) is 25.9. The van der Waals surface area contributed by atoms with E-state index in [1.165, 1.54) is 20.8 Å². The summed E-state index contributed by atoms with van der Waals surface area (Å²) in [7, 11) is -3.96. The molecule has 1 N–H and O–H groups in total. The fourth-order valence-electron chi connectivity index (χ4n) is 7.84. The van der Waals surface area contributed by atoms with Crippen LogP contribution in [-0.4, -0.2) is 101 Å². The van der Waals surface area contributed by atoms with E-state index in [1.807, 2.05) is 0 Å². The van der Waals surface area contributed by atoms with Gasteiger partial charge in [0.05, 0.1) is 36.2 Å². The number of hydrogen-bond donors (Lipinski definition) is 1. The van der Waals surface area contributed by atoms with E-state index < -0.39 is 92.2 Å². The van der Waals surface area contributed by atoms with Crippen molar-refractivity contribution in [2.75, 3.05) is 19.6 Å². The van der Waals surface area contributed by atoms with Crippen LogP contribution in [0.3, 0.4) is 0 Å². The molecule has 0 bridgehead atoms. The third-order valence-electron chi connectivity index (χ3n) is 11.0. The maximum Gasteiger partial charge on any atom is 0.410 e. The van der Waals surface area contributed by atoms with Crippen molar-refractivity contribution in [3.63, 3.8) is 0 Å². The molecule has 298 valence electrons. The molecule has 14 nitrogen and oxygen atoms in total. The molecule has 0 spiro atoms. The van der Waals surface area contributed by atoms with Crippen molar-refractivity contribution < 1.29 is 51.0 Å². The smallest absolute Gasteiger partial charge is 0.410 e. The zero-order valence-electron chi connectivity index (χ0n) is 31.5. The SMILES string of the molecule is C=CC(=O)N1C/C=C\[C@@H]2C[C@@]2(C(=O)NS(=O)(=O)C2CC2)CC(=O)C2CC(OC(=O)N3Cc4cccc(F)c4C3)CN2C(=O)[C@@H](CC(=O)OC(C)(C)C)CCC1. The van der Waals surface area contributed by atoms with Crippen molar-refractivity contribution in [1.29, 1.82) is 0 Å². The maximum absolute atomic E-state index is 14.5. The summed E-state index contributed by atoms with van der Waals surface area (Å²) in [4.78, 5) is 86.2. The van der Waals surface area contributed by atoms with E-state index in [-0.39, 0.29) is 64.3 Å². The average molecular weight is 785 g/mol. The molecule has 2 unspecified atom stereocenters. The molecule has 5 atom stereocenters. The minimum atomic E-state index is -3.96. The number of ether oxygens (including phenoxy) is 2. The molecular formula is C39H49FN4O10S. The Balaban J connectivity index is 1.29. The van der Waals surface area contributed by atoms with E-state index in [0.29, 0.717) is 30.4 Å². The fraction of sp³-hybridized carbons (Fsp3) is 0.590. The van der Waals surface area contributed by atoms with Gasteiger partial charge in [-0.3, -0.25) is 33.6 Å². The number of sulfonamides is 1. The lowest BCUT2D eigenvalue weighted by atomic mass is 9.90. The molecule has 1 saturated heterocycles. The van der Waals surface area contributed by atoms with Crippen LogP contribution in [0, 0.1) is 23.1 Å². The maximum atomic E-state index is 14.5. The van der Waals surface area contributed by atoms with Crippen molar-refractivity contribution in [2.45, 2.75) is 108 Å². The number of nitrogens with zero attached hydrogens (tertiary/aromatic N) is 3. The highest BCUT2D eigenvalue weighted by Crippen LogP contribution is 2.57. The number of benzene rings is 1. The largest absolute Gasteiger partial charge is 0.460 e. The van der Waals surface area contributed by atoms with Crippen LogP contribution in [0.1, 0.15) is 83.3 Å². The second-order valence-corrected chi connectivity index (χ2v) is 18.3. The van der Waals surface area contributed by atoms with Crippen molar-refractivity contribution in [3.05, 3.63) is 60.0 Å². The molecule has 1 aromatic carbocycles. The van der Waals surface area contributed by atoms with Gasteiger partial charge in [-0.2, -0.15) is 0 Å². The van der Waals surface area contributed by atoms with E-state index in [1.54, 1.807) is 45.1 Å². The molecule has 6 rings (SSSR count). The van der Waals surface area contributed by atoms with Gasteiger partial charge < -0.3 is 19.3 Å². The number of Topliss-reactive ketones (excluding diaryl/α,β-unsaturated/α-hetero) is 1. The molecule has 55 heavy (non-hydrogen) atoms. The summed E-state index contributed by atoms with van der Waals surface area (Å²) >= 11 is 0. The van der Waals surface area contributed by atoms with Gasteiger partial charge in [0.15, 0.2) is 5.78 Å². The summed E-state index contributed by atoms with van der Waals surface area (Å²) in [5.74, 6) is -4.86. The van der Waals surface area contributed by atoms with Crippen LogP contribution in [0.15, 0.2) is 43.0 Å². The first kappa shape index (κ1) is 40.1. The van der Waals surface area contributed by atoms with Gasteiger partial charge in [-0.1, -0.05) is 30.9 Å². The van der Waals surface area contributed by atoms with E-state index in [4.69, 9.17) is 9.47 Å². The Morgan fingerprint density at radius 1 is 1.09 bits per heavy atom. The normalized spacial score (nSPS) is 27.8. The van der Waals surface area contributed by atoms with Crippen LogP contribution in [0.5, 0.6) is 0 Å². The molecule has 2 saturated carbocycles. The number of carbonyl (C=O) groups is 6. The molecule has 4 amide bonds. The summed E-state index contributed by atoms with van der Waals surface area (Å²) in [6.07, 6.45) is 3.48. The molecule has 1 aromatic rings. The minimum Gasteiger partial charge on any atom is -0.460 e. The first-order valence-electron chi connectivity index (χ1n) is 18.8. The van der Waals surface area contributed by atoms with Gasteiger partial charge in [-0.15, -0.1) is 0 Å². The number of nitrogens with one attached hydrogen (secondary N) is 1. The second kappa shape index (κ2) is 15.5. The Bertz CT molecular complexity index is 1910. The predicted molar refractivity (Wildman–Crippen MR) is 195 cm³/mol. The van der Waals surface area contributed by atoms with Gasteiger partial charge in [0.2, 0.25) is 27.7 Å². The zero-order valence-corrected chi connectivity index (χ0v) is 32.3. The molecule has 3 heterocycles. The Hall–Kier alpha value is -4.60. The van der Waals surface area contributed by atoms with Crippen LogP contribution in [0.4, 0.5) is 9.18 Å². The highest BCUT2D eigenvalue weighted by atomic mass is 32.2. The predicted octanol–water partition coefficient (Wildman–Crippen LogP) is 3.53. The molecule has 2 aliphatic carbocycles. The molecular weight excluding hydrogens is 736 g/mol. The summed E-state index contributed by atoms with van der Waals surface area (Å²) in [5, 5.41) is -0.683. The van der Waals surface area contributed by atoms with Crippen molar-refractivity contribution in [2.24, 2.45) is 17.3 Å². The highest BCUT2D eigenvalue weighted by molar-refractivity contribution is 7.90. The van der Waals surface area contributed by atoms with Crippen LogP contribution in [0.2, 0.25) is 0 Å². The number of allylic oxidation sites excluding steroid dienone is 1. The Kier molecular flexibility index (Phi) is 11.3. The van der Waals surface area contributed by atoms with E-state index >= 15 is 0 Å². The number of halogens is 1. The van der Waals surface area contributed by atoms with Crippen LogP contribution in [0.25, 0.3) is 0 Å². The molecule has 3 aliphatic heterocycles. The highest BCUT2D eigenvalue weighted by Gasteiger charge is 2.61. The number of ketones is 1. The van der Waals surface area contributed by atoms with Gasteiger partial charge in [0.25, 0.3) is 0 Å². The quantitative estimate of drug-likeness (QED) is 0.245. The van der Waals surface area contributed by atoms with Gasteiger partial charge in [-0.25, -0.2) is 17.6 Å². The Morgan fingerprint density at radius 3 is 2.51 bits per heavy atom. The number of fused-ring (bicyclic) bond motifs is 3. The number of hydrogen-bond acceptors (Lipinski definition) is 10. The number of amides is 4. The van der Waals surface area contributed by atoms with Crippen LogP contribution >= 0.6 is 0 Å². The third-order valence-corrected chi connectivity index (χ3v) is 12.8. The van der Waals surface area contributed by atoms with Gasteiger partial charge >= 0.3 is 12.1 Å². The number of esters is 1. The standard InChI is InChI=1S/C39H49FN4O10S/c1-5-33(46)42-15-7-10-24(17-34(47)54-38(2,3)4)35(48)44-22-27(53-37(50)43-21-25-9-6-12-30(40)29(25)23-43)18-31(44)32(45)20-39(19-26(39)11-8-16-42)36(49)41-55(51,52)28-13-14-28/h5-6,8-9,11-12,24,26-28,31H,1,7,10,13-23H2,2-4H3,(H,41,49)/b11-8-/t24-,26-,27?,31?,39-/m1/s1.